The summed E-state index contributed by atoms with van der Waals surface area (Å²) >= 11 is 0. The smallest absolute Gasteiger partial charge is 0.251 e. The van der Waals surface area contributed by atoms with Gasteiger partial charge in [0, 0.05) is 12.1 Å². The van der Waals surface area contributed by atoms with Crippen LogP contribution < -0.4 is 5.32 Å². The zero-order chi connectivity index (χ0) is 15.7. The van der Waals surface area contributed by atoms with E-state index in [1.54, 1.807) is 6.33 Å². The lowest BCUT2D eigenvalue weighted by atomic mass is 9.92. The number of nitrogens with one attached hydrogen (secondary N) is 2. The molecule has 1 amide bonds. The van der Waals surface area contributed by atoms with Gasteiger partial charge in [0.05, 0.1) is 17.4 Å². The van der Waals surface area contributed by atoms with Crippen molar-refractivity contribution in [1.29, 1.82) is 0 Å². The Kier molecular flexibility index (Phi) is 3.37. The molecule has 4 heteroatoms. The van der Waals surface area contributed by atoms with Crippen molar-refractivity contribution < 1.29 is 4.79 Å². The Morgan fingerprint density at radius 1 is 1.17 bits per heavy atom. The van der Waals surface area contributed by atoms with E-state index in [9.17, 15) is 4.79 Å². The van der Waals surface area contributed by atoms with Gasteiger partial charge in [0.1, 0.15) is 0 Å². The molecule has 0 atom stereocenters. The standard InChI is InChI=1S/C19H19N3O/c23-18(14-6-7-16-17(12-14)22-13-21-16)20-11-10-19(8-9-19)15-4-2-1-3-5-15/h1-7,12-13H,8-11H2,(H,20,23)(H,21,22). The fourth-order valence-corrected chi connectivity index (χ4v) is 3.22. The second-order valence-corrected chi connectivity index (χ2v) is 6.29. The van der Waals surface area contributed by atoms with Crippen molar-refractivity contribution in [2.45, 2.75) is 24.7 Å². The second kappa shape index (κ2) is 5.54. The van der Waals surface area contributed by atoms with Crippen LogP contribution in [0.2, 0.25) is 0 Å². The van der Waals surface area contributed by atoms with E-state index in [0.29, 0.717) is 12.1 Å². The Bertz CT molecular complexity index is 834. The first-order valence-corrected chi connectivity index (χ1v) is 8.04. The number of benzene rings is 2. The summed E-state index contributed by atoms with van der Waals surface area (Å²) in [6.07, 6.45) is 5.07. The molecule has 2 N–H and O–H groups in total. The molecule has 0 radical (unpaired) electrons. The molecule has 1 aliphatic carbocycles. The number of H-pyrrole nitrogens is 1. The van der Waals surface area contributed by atoms with Crippen LogP contribution in [0.4, 0.5) is 0 Å². The molecule has 3 aromatic rings. The maximum absolute atomic E-state index is 12.3. The maximum Gasteiger partial charge on any atom is 0.251 e. The highest BCUT2D eigenvalue weighted by Crippen LogP contribution is 2.50. The van der Waals surface area contributed by atoms with Gasteiger partial charge >= 0.3 is 0 Å². The molecule has 0 aliphatic heterocycles. The fraction of sp³-hybridized carbons (Fsp3) is 0.263. The molecule has 0 unspecified atom stereocenters. The third kappa shape index (κ3) is 2.72. The van der Waals surface area contributed by atoms with Crippen LogP contribution in [-0.2, 0) is 5.41 Å². The summed E-state index contributed by atoms with van der Waals surface area (Å²) in [5, 5.41) is 3.05. The Morgan fingerprint density at radius 3 is 2.78 bits per heavy atom. The molecular weight excluding hydrogens is 286 g/mol. The molecule has 0 saturated heterocycles. The molecule has 0 bridgehead atoms. The highest BCUT2D eigenvalue weighted by Gasteiger charge is 2.43. The van der Waals surface area contributed by atoms with Crippen LogP contribution in [0.3, 0.4) is 0 Å². The van der Waals surface area contributed by atoms with Crippen LogP contribution in [0.5, 0.6) is 0 Å². The van der Waals surface area contributed by atoms with Gasteiger partial charge < -0.3 is 10.3 Å². The van der Waals surface area contributed by atoms with Crippen LogP contribution in [-0.4, -0.2) is 22.4 Å². The molecule has 2 aromatic carbocycles. The van der Waals surface area contributed by atoms with Crippen molar-refractivity contribution in [2.75, 3.05) is 6.54 Å². The van der Waals surface area contributed by atoms with Crippen LogP contribution in [0, 0.1) is 0 Å². The summed E-state index contributed by atoms with van der Waals surface area (Å²) in [6.45, 7) is 0.703. The number of rotatable bonds is 5. The van der Waals surface area contributed by atoms with Gasteiger partial charge in [-0.3, -0.25) is 4.79 Å². The third-order valence-corrected chi connectivity index (χ3v) is 4.81. The van der Waals surface area contributed by atoms with Gasteiger partial charge in [-0.1, -0.05) is 30.3 Å². The van der Waals surface area contributed by atoms with Gasteiger partial charge in [-0.25, -0.2) is 4.98 Å². The second-order valence-electron chi connectivity index (χ2n) is 6.29. The zero-order valence-corrected chi connectivity index (χ0v) is 12.9. The SMILES string of the molecule is O=C(NCCC1(c2ccccc2)CC1)c1ccc2nc[nH]c2c1. The average Bonchev–Trinajstić information content (AvgIpc) is 3.23. The van der Waals surface area contributed by atoms with Crippen molar-refractivity contribution in [1.82, 2.24) is 15.3 Å². The molecule has 4 nitrogen and oxygen atoms in total. The van der Waals surface area contributed by atoms with E-state index in [-0.39, 0.29) is 11.3 Å². The van der Waals surface area contributed by atoms with E-state index in [0.717, 1.165) is 17.5 Å². The predicted molar refractivity (Wildman–Crippen MR) is 90.4 cm³/mol. The monoisotopic (exact) mass is 305 g/mol. The first kappa shape index (κ1) is 14.0. The van der Waals surface area contributed by atoms with Crippen molar-refractivity contribution >= 4 is 16.9 Å². The van der Waals surface area contributed by atoms with E-state index in [1.165, 1.54) is 18.4 Å². The summed E-state index contributed by atoms with van der Waals surface area (Å²) < 4.78 is 0. The number of aromatic amines is 1. The van der Waals surface area contributed by atoms with Gasteiger partial charge in [0.25, 0.3) is 5.91 Å². The van der Waals surface area contributed by atoms with Gasteiger partial charge in [0.15, 0.2) is 0 Å². The van der Waals surface area contributed by atoms with Crippen LogP contribution in [0.1, 0.15) is 35.2 Å². The minimum atomic E-state index is -0.0228. The summed E-state index contributed by atoms with van der Waals surface area (Å²) in [5.41, 5.74) is 4.12. The summed E-state index contributed by atoms with van der Waals surface area (Å²) in [6, 6.07) is 16.2. The van der Waals surface area contributed by atoms with Crippen LogP contribution in [0.15, 0.2) is 54.9 Å². The lowest BCUT2D eigenvalue weighted by molar-refractivity contribution is 0.0952. The minimum Gasteiger partial charge on any atom is -0.352 e. The maximum atomic E-state index is 12.3. The molecule has 1 saturated carbocycles. The number of hydrogen-bond donors (Lipinski definition) is 2. The first-order chi connectivity index (χ1) is 11.3. The van der Waals surface area contributed by atoms with E-state index in [1.807, 2.05) is 24.3 Å². The molecule has 1 fully saturated rings. The number of fused-ring (bicyclic) bond motifs is 1. The number of carbonyl (C=O) groups excluding carboxylic acids is 1. The predicted octanol–water partition coefficient (Wildman–Crippen LogP) is 3.41. The number of carbonyl (C=O) groups is 1. The largest absolute Gasteiger partial charge is 0.352 e. The molecule has 1 aromatic heterocycles. The van der Waals surface area contributed by atoms with Crippen LogP contribution >= 0.6 is 0 Å². The number of aromatic nitrogens is 2. The molecule has 1 heterocycles. The van der Waals surface area contributed by atoms with Crippen molar-refractivity contribution in [3.05, 3.63) is 66.0 Å². The topological polar surface area (TPSA) is 57.8 Å². The van der Waals surface area contributed by atoms with E-state index >= 15 is 0 Å². The summed E-state index contributed by atoms with van der Waals surface area (Å²) in [4.78, 5) is 19.5. The Morgan fingerprint density at radius 2 is 2.00 bits per heavy atom. The quantitative estimate of drug-likeness (QED) is 0.759. The Hall–Kier alpha value is -2.62. The van der Waals surface area contributed by atoms with Gasteiger partial charge in [0.2, 0.25) is 0 Å². The number of nitrogens with zero attached hydrogens (tertiary/aromatic N) is 1. The van der Waals surface area contributed by atoms with Gasteiger partial charge in [-0.2, -0.15) is 0 Å². The minimum absolute atomic E-state index is 0.0228. The number of imidazole rings is 1. The van der Waals surface area contributed by atoms with E-state index < -0.39 is 0 Å². The van der Waals surface area contributed by atoms with Crippen molar-refractivity contribution in [2.24, 2.45) is 0 Å². The third-order valence-electron chi connectivity index (χ3n) is 4.81. The molecule has 1 aliphatic rings. The number of amides is 1. The normalized spacial score (nSPS) is 15.5. The van der Waals surface area contributed by atoms with Gasteiger partial charge in [-0.05, 0) is 48.4 Å². The van der Waals surface area contributed by atoms with Crippen molar-refractivity contribution in [3.8, 4) is 0 Å². The Labute approximate surface area is 134 Å². The molecule has 4 rings (SSSR count). The molecule has 0 spiro atoms. The lowest BCUT2D eigenvalue weighted by Crippen LogP contribution is -2.27. The molecular formula is C19H19N3O. The zero-order valence-electron chi connectivity index (χ0n) is 12.9. The average molecular weight is 305 g/mol. The van der Waals surface area contributed by atoms with E-state index in [4.69, 9.17) is 0 Å². The first-order valence-electron chi connectivity index (χ1n) is 8.04. The highest BCUT2D eigenvalue weighted by atomic mass is 16.1. The molecule has 23 heavy (non-hydrogen) atoms. The van der Waals surface area contributed by atoms with Gasteiger partial charge in [-0.15, -0.1) is 0 Å². The number of hydrogen-bond acceptors (Lipinski definition) is 2. The fourth-order valence-electron chi connectivity index (χ4n) is 3.22. The van der Waals surface area contributed by atoms with Crippen molar-refractivity contribution in [3.63, 3.8) is 0 Å². The highest BCUT2D eigenvalue weighted by molar-refractivity contribution is 5.97. The van der Waals surface area contributed by atoms with E-state index in [2.05, 4.69) is 39.6 Å². The van der Waals surface area contributed by atoms with Crippen LogP contribution in [0.25, 0.3) is 11.0 Å². The lowest BCUT2D eigenvalue weighted by Gasteiger charge is -2.16. The summed E-state index contributed by atoms with van der Waals surface area (Å²) in [5.74, 6) is -0.0228. The molecule has 116 valence electrons. The Balaban J connectivity index is 1.38. The summed E-state index contributed by atoms with van der Waals surface area (Å²) in [7, 11) is 0.